The van der Waals surface area contributed by atoms with Crippen molar-refractivity contribution in [2.75, 3.05) is 7.11 Å². The third-order valence-corrected chi connectivity index (χ3v) is 3.22. The molecule has 0 radical (unpaired) electrons. The van der Waals surface area contributed by atoms with Crippen molar-refractivity contribution in [2.24, 2.45) is 0 Å². The SMILES string of the molecule is COc1cccc(-c2nc(CCl)cs2)c1.Cl. The smallest absolute Gasteiger partial charge is 0.123 e. The standard InChI is InChI=1S/C11H10ClNOS.ClH/c1-14-10-4-2-3-8(5-10)11-13-9(6-12)7-15-11;/h2-5,7H,6H2,1H3;1H. The van der Waals surface area contributed by atoms with Gasteiger partial charge in [0.25, 0.3) is 0 Å². The molecule has 0 aliphatic rings. The van der Waals surface area contributed by atoms with Gasteiger partial charge in [-0.15, -0.1) is 35.3 Å². The molecule has 0 aliphatic heterocycles. The lowest BCUT2D eigenvalue weighted by atomic mass is 10.2. The van der Waals surface area contributed by atoms with Gasteiger partial charge in [0.1, 0.15) is 10.8 Å². The maximum Gasteiger partial charge on any atom is 0.123 e. The zero-order valence-corrected chi connectivity index (χ0v) is 11.0. The Hall–Kier alpha value is -0.770. The molecule has 86 valence electrons. The summed E-state index contributed by atoms with van der Waals surface area (Å²) in [5.41, 5.74) is 1.98. The number of methoxy groups -OCH3 is 1. The van der Waals surface area contributed by atoms with E-state index in [0.717, 1.165) is 22.0 Å². The molecular formula is C11H11Cl2NOS. The number of thiazole rings is 1. The van der Waals surface area contributed by atoms with E-state index in [9.17, 15) is 0 Å². The van der Waals surface area contributed by atoms with Gasteiger partial charge in [-0.25, -0.2) is 4.98 Å². The third kappa shape index (κ3) is 2.88. The second-order valence-corrected chi connectivity index (χ2v) is 4.13. The number of nitrogens with zero attached hydrogens (tertiary/aromatic N) is 1. The molecular weight excluding hydrogens is 265 g/mol. The van der Waals surface area contributed by atoms with E-state index in [1.54, 1.807) is 18.4 Å². The summed E-state index contributed by atoms with van der Waals surface area (Å²) < 4.78 is 5.16. The van der Waals surface area contributed by atoms with Crippen LogP contribution in [0.5, 0.6) is 5.75 Å². The fourth-order valence-electron chi connectivity index (χ4n) is 1.26. The second kappa shape index (κ2) is 6.09. The number of aromatic nitrogens is 1. The van der Waals surface area contributed by atoms with Gasteiger partial charge >= 0.3 is 0 Å². The van der Waals surface area contributed by atoms with Crippen molar-refractivity contribution >= 4 is 35.3 Å². The molecule has 2 rings (SSSR count). The lowest BCUT2D eigenvalue weighted by molar-refractivity contribution is 0.415. The lowest BCUT2D eigenvalue weighted by Gasteiger charge is -2.00. The lowest BCUT2D eigenvalue weighted by Crippen LogP contribution is -1.83. The number of halogens is 2. The zero-order chi connectivity index (χ0) is 10.7. The second-order valence-electron chi connectivity index (χ2n) is 3.01. The van der Waals surface area contributed by atoms with Crippen molar-refractivity contribution in [1.29, 1.82) is 0 Å². The van der Waals surface area contributed by atoms with Crippen LogP contribution in [0.3, 0.4) is 0 Å². The van der Waals surface area contributed by atoms with E-state index in [4.69, 9.17) is 16.3 Å². The predicted octanol–water partition coefficient (Wildman–Crippen LogP) is 3.98. The molecule has 0 amide bonds. The molecule has 1 aromatic heterocycles. The van der Waals surface area contributed by atoms with Crippen molar-refractivity contribution < 1.29 is 4.74 Å². The number of ether oxygens (including phenoxy) is 1. The number of hydrogen-bond donors (Lipinski definition) is 0. The van der Waals surface area contributed by atoms with Crippen molar-refractivity contribution in [2.45, 2.75) is 5.88 Å². The van der Waals surface area contributed by atoms with Gasteiger partial charge in [-0.3, -0.25) is 0 Å². The Bertz CT molecular complexity index is 459. The molecule has 0 atom stereocenters. The van der Waals surface area contributed by atoms with Gasteiger partial charge < -0.3 is 4.74 Å². The van der Waals surface area contributed by atoms with Gasteiger partial charge in [0.05, 0.1) is 18.7 Å². The van der Waals surface area contributed by atoms with Crippen LogP contribution in [0.15, 0.2) is 29.6 Å². The van der Waals surface area contributed by atoms with Gasteiger partial charge in [0.2, 0.25) is 0 Å². The molecule has 0 fully saturated rings. The maximum absolute atomic E-state index is 5.71. The van der Waals surface area contributed by atoms with Gasteiger partial charge in [0, 0.05) is 10.9 Å². The molecule has 0 aliphatic carbocycles. The summed E-state index contributed by atoms with van der Waals surface area (Å²) in [7, 11) is 1.66. The highest BCUT2D eigenvalue weighted by Crippen LogP contribution is 2.27. The molecule has 0 N–H and O–H groups in total. The molecule has 1 aromatic carbocycles. The molecule has 0 unspecified atom stereocenters. The number of benzene rings is 1. The average molecular weight is 276 g/mol. The fraction of sp³-hybridized carbons (Fsp3) is 0.182. The van der Waals surface area contributed by atoms with Crippen molar-refractivity contribution in [1.82, 2.24) is 4.98 Å². The predicted molar refractivity (Wildman–Crippen MR) is 70.9 cm³/mol. The van der Waals surface area contributed by atoms with Gasteiger partial charge in [-0.05, 0) is 12.1 Å². The summed E-state index contributed by atoms with van der Waals surface area (Å²) in [6.07, 6.45) is 0. The number of rotatable bonds is 3. The largest absolute Gasteiger partial charge is 0.497 e. The van der Waals surface area contributed by atoms with Crippen molar-refractivity contribution in [3.05, 3.63) is 35.3 Å². The molecule has 2 aromatic rings. The van der Waals surface area contributed by atoms with Gasteiger partial charge in [-0.2, -0.15) is 0 Å². The van der Waals surface area contributed by atoms with Crippen molar-refractivity contribution in [3.63, 3.8) is 0 Å². The van der Waals surface area contributed by atoms with Crippen LogP contribution in [0.1, 0.15) is 5.69 Å². The highest BCUT2D eigenvalue weighted by Gasteiger charge is 2.04. The molecule has 0 saturated heterocycles. The third-order valence-electron chi connectivity index (χ3n) is 2.01. The minimum absolute atomic E-state index is 0. The van der Waals surface area contributed by atoms with Crippen LogP contribution in [0.2, 0.25) is 0 Å². The van der Waals surface area contributed by atoms with E-state index in [-0.39, 0.29) is 12.4 Å². The molecule has 0 bridgehead atoms. The Morgan fingerprint density at radius 3 is 2.88 bits per heavy atom. The van der Waals surface area contributed by atoms with Crippen LogP contribution >= 0.6 is 35.3 Å². The van der Waals surface area contributed by atoms with E-state index in [1.807, 2.05) is 29.6 Å². The summed E-state index contributed by atoms with van der Waals surface area (Å²) in [6.45, 7) is 0. The summed E-state index contributed by atoms with van der Waals surface area (Å²) in [5.74, 6) is 1.30. The topological polar surface area (TPSA) is 22.1 Å². The first-order chi connectivity index (χ1) is 7.33. The first-order valence-electron chi connectivity index (χ1n) is 4.48. The highest BCUT2D eigenvalue weighted by atomic mass is 35.5. The molecule has 5 heteroatoms. The van der Waals surface area contributed by atoms with Crippen LogP contribution in [0.4, 0.5) is 0 Å². The Morgan fingerprint density at radius 1 is 1.44 bits per heavy atom. The Balaban J connectivity index is 0.00000128. The maximum atomic E-state index is 5.71. The minimum atomic E-state index is 0. The molecule has 0 saturated carbocycles. The molecule has 2 nitrogen and oxygen atoms in total. The first kappa shape index (κ1) is 13.3. The highest BCUT2D eigenvalue weighted by molar-refractivity contribution is 7.13. The van der Waals surface area contributed by atoms with Crippen LogP contribution in [-0.4, -0.2) is 12.1 Å². The minimum Gasteiger partial charge on any atom is -0.497 e. The quantitative estimate of drug-likeness (QED) is 0.791. The normalized spacial score (nSPS) is 9.62. The monoisotopic (exact) mass is 275 g/mol. The molecule has 16 heavy (non-hydrogen) atoms. The summed E-state index contributed by atoms with van der Waals surface area (Å²) in [5, 5.41) is 2.95. The molecule has 1 heterocycles. The number of hydrogen-bond acceptors (Lipinski definition) is 3. The van der Waals surface area contributed by atoms with E-state index in [2.05, 4.69) is 4.98 Å². The van der Waals surface area contributed by atoms with Crippen molar-refractivity contribution in [3.8, 4) is 16.3 Å². The summed E-state index contributed by atoms with van der Waals surface area (Å²) in [4.78, 5) is 4.41. The van der Waals surface area contributed by atoms with Crippen LogP contribution < -0.4 is 4.74 Å². The van der Waals surface area contributed by atoms with Crippen LogP contribution in [0, 0.1) is 0 Å². The summed E-state index contributed by atoms with van der Waals surface area (Å²) in [6, 6.07) is 7.85. The van der Waals surface area contributed by atoms with E-state index < -0.39 is 0 Å². The number of alkyl halides is 1. The van der Waals surface area contributed by atoms with E-state index >= 15 is 0 Å². The summed E-state index contributed by atoms with van der Waals surface area (Å²) >= 11 is 7.30. The van der Waals surface area contributed by atoms with Gasteiger partial charge in [-0.1, -0.05) is 12.1 Å². The molecule has 0 spiro atoms. The fourth-order valence-corrected chi connectivity index (χ4v) is 2.30. The Morgan fingerprint density at radius 2 is 2.25 bits per heavy atom. The van der Waals surface area contributed by atoms with Crippen LogP contribution in [-0.2, 0) is 5.88 Å². The van der Waals surface area contributed by atoms with E-state index in [1.165, 1.54) is 0 Å². The Labute approximate surface area is 110 Å². The Kier molecular flexibility index (Phi) is 5.06. The average Bonchev–Trinajstić information content (AvgIpc) is 2.78. The first-order valence-corrected chi connectivity index (χ1v) is 5.89. The van der Waals surface area contributed by atoms with Gasteiger partial charge in [0.15, 0.2) is 0 Å². The van der Waals surface area contributed by atoms with Crippen LogP contribution in [0.25, 0.3) is 10.6 Å². The van der Waals surface area contributed by atoms with E-state index in [0.29, 0.717) is 5.88 Å². The zero-order valence-electron chi connectivity index (χ0n) is 8.64.